The number of fused-ring (bicyclic) bond motifs is 1. The van der Waals surface area contributed by atoms with Gasteiger partial charge in [-0.3, -0.25) is 4.99 Å². The van der Waals surface area contributed by atoms with Gasteiger partial charge in [-0.15, -0.1) is 0 Å². The molecule has 0 atom stereocenters. The van der Waals surface area contributed by atoms with Crippen LogP contribution in [0.15, 0.2) is 39.9 Å². The first-order valence-corrected chi connectivity index (χ1v) is 6.14. The topological polar surface area (TPSA) is 29.3 Å². The van der Waals surface area contributed by atoms with E-state index in [-0.39, 0.29) is 0 Å². The number of benzene rings is 1. The van der Waals surface area contributed by atoms with E-state index >= 15 is 0 Å². The third-order valence-electron chi connectivity index (χ3n) is 2.80. The van der Waals surface area contributed by atoms with Gasteiger partial charge in [0.2, 0.25) is 0 Å². The van der Waals surface area contributed by atoms with E-state index in [2.05, 4.69) is 61.3 Å². The molecular formula is C12H12BrN3. The second kappa shape index (κ2) is 3.94. The Bertz CT molecular complexity index is 556. The molecule has 0 saturated heterocycles. The summed E-state index contributed by atoms with van der Waals surface area (Å²) in [5.41, 5.74) is 1.24. The molecule has 0 saturated carbocycles. The lowest BCUT2D eigenvalue weighted by Crippen LogP contribution is -2.23. The second-order valence-corrected chi connectivity index (χ2v) is 4.82. The van der Waals surface area contributed by atoms with E-state index in [9.17, 15) is 0 Å². The lowest BCUT2D eigenvalue weighted by Gasteiger charge is -2.06. The van der Waals surface area contributed by atoms with Gasteiger partial charge in [-0.2, -0.15) is 0 Å². The summed E-state index contributed by atoms with van der Waals surface area (Å²) in [6.45, 7) is 2.70. The van der Waals surface area contributed by atoms with Crippen molar-refractivity contribution in [3.8, 4) is 0 Å². The highest BCUT2D eigenvalue weighted by Gasteiger charge is 2.07. The van der Waals surface area contributed by atoms with Gasteiger partial charge in [-0.1, -0.05) is 22.0 Å². The minimum atomic E-state index is 0.833. The number of nitrogens with zero attached hydrogens (tertiary/aromatic N) is 2. The first-order valence-electron chi connectivity index (χ1n) is 5.34. The highest BCUT2D eigenvalue weighted by Crippen LogP contribution is 2.20. The molecular weight excluding hydrogens is 266 g/mol. The molecule has 0 spiro atoms. The Labute approximate surface area is 102 Å². The van der Waals surface area contributed by atoms with Crippen molar-refractivity contribution in [1.29, 1.82) is 0 Å². The number of nitrogens with one attached hydrogen (secondary N) is 1. The number of hydrogen-bond acceptors (Lipinski definition) is 2. The molecule has 3 nitrogen and oxygen atoms in total. The fourth-order valence-corrected chi connectivity index (χ4v) is 2.36. The average molecular weight is 278 g/mol. The van der Waals surface area contributed by atoms with Crippen LogP contribution in [0.25, 0.3) is 10.9 Å². The van der Waals surface area contributed by atoms with Crippen LogP contribution < -0.4 is 5.32 Å². The molecule has 1 aromatic carbocycles. The predicted octanol–water partition coefficient (Wildman–Crippen LogP) is 2.41. The van der Waals surface area contributed by atoms with Crippen molar-refractivity contribution in [3.05, 3.63) is 34.9 Å². The van der Waals surface area contributed by atoms with E-state index in [0.717, 1.165) is 29.9 Å². The SMILES string of the molecule is Brc1ccc2ccn(CC3=NCCN3)c2c1. The van der Waals surface area contributed by atoms with E-state index in [1.165, 1.54) is 10.9 Å². The molecule has 0 fully saturated rings. The van der Waals surface area contributed by atoms with Crippen LogP contribution in [0.5, 0.6) is 0 Å². The molecule has 1 N–H and O–H groups in total. The van der Waals surface area contributed by atoms with Crippen LogP contribution in [-0.2, 0) is 6.54 Å². The summed E-state index contributed by atoms with van der Waals surface area (Å²) in [7, 11) is 0. The zero-order chi connectivity index (χ0) is 11.0. The van der Waals surface area contributed by atoms with Gasteiger partial charge in [0.1, 0.15) is 5.84 Å². The summed E-state index contributed by atoms with van der Waals surface area (Å²) in [4.78, 5) is 4.41. The lowest BCUT2D eigenvalue weighted by molar-refractivity contribution is 0.862. The maximum Gasteiger partial charge on any atom is 0.117 e. The Kier molecular flexibility index (Phi) is 2.44. The van der Waals surface area contributed by atoms with Gasteiger partial charge in [0.05, 0.1) is 13.1 Å². The standard InChI is InChI=1S/C12H12BrN3/c13-10-2-1-9-3-6-16(11(9)7-10)8-12-14-4-5-15-12/h1-3,6-7H,4-5,8H2,(H,14,15). The van der Waals surface area contributed by atoms with E-state index in [1.54, 1.807) is 0 Å². The number of rotatable bonds is 2. The minimum absolute atomic E-state index is 0.833. The number of halogens is 1. The van der Waals surface area contributed by atoms with Crippen LogP contribution in [0.4, 0.5) is 0 Å². The average Bonchev–Trinajstić information content (AvgIpc) is 2.90. The summed E-state index contributed by atoms with van der Waals surface area (Å²) >= 11 is 3.50. The lowest BCUT2D eigenvalue weighted by atomic mass is 10.2. The molecule has 82 valence electrons. The smallest absolute Gasteiger partial charge is 0.117 e. The molecule has 1 aliphatic heterocycles. The molecule has 2 aromatic rings. The fourth-order valence-electron chi connectivity index (χ4n) is 2.01. The third-order valence-corrected chi connectivity index (χ3v) is 3.29. The molecule has 4 heteroatoms. The highest BCUT2D eigenvalue weighted by molar-refractivity contribution is 9.10. The summed E-state index contributed by atoms with van der Waals surface area (Å²) in [5, 5.41) is 4.56. The van der Waals surface area contributed by atoms with Gasteiger partial charge in [0.15, 0.2) is 0 Å². The number of aromatic nitrogens is 1. The van der Waals surface area contributed by atoms with Crippen molar-refractivity contribution in [3.63, 3.8) is 0 Å². The fraction of sp³-hybridized carbons (Fsp3) is 0.250. The van der Waals surface area contributed by atoms with Gasteiger partial charge in [0, 0.05) is 22.7 Å². The molecule has 0 unspecified atom stereocenters. The van der Waals surface area contributed by atoms with Crippen LogP contribution in [0.3, 0.4) is 0 Å². The Morgan fingerprint density at radius 1 is 1.38 bits per heavy atom. The molecule has 1 aromatic heterocycles. The van der Waals surface area contributed by atoms with Crippen molar-refractivity contribution < 1.29 is 0 Å². The van der Waals surface area contributed by atoms with Crippen molar-refractivity contribution in [2.45, 2.75) is 6.54 Å². The van der Waals surface area contributed by atoms with Gasteiger partial charge in [0.25, 0.3) is 0 Å². The van der Waals surface area contributed by atoms with Crippen molar-refractivity contribution in [1.82, 2.24) is 9.88 Å². The van der Waals surface area contributed by atoms with E-state index < -0.39 is 0 Å². The Morgan fingerprint density at radius 3 is 3.12 bits per heavy atom. The zero-order valence-corrected chi connectivity index (χ0v) is 10.4. The van der Waals surface area contributed by atoms with Crippen molar-refractivity contribution in [2.24, 2.45) is 4.99 Å². The predicted molar refractivity (Wildman–Crippen MR) is 69.9 cm³/mol. The molecule has 0 bridgehead atoms. The number of aliphatic imine (C=N–C) groups is 1. The number of hydrogen-bond donors (Lipinski definition) is 1. The molecule has 0 amide bonds. The first-order chi connectivity index (χ1) is 7.83. The highest BCUT2D eigenvalue weighted by atomic mass is 79.9. The van der Waals surface area contributed by atoms with Crippen LogP contribution in [0.2, 0.25) is 0 Å². The maximum atomic E-state index is 4.41. The van der Waals surface area contributed by atoms with E-state index in [4.69, 9.17) is 0 Å². The van der Waals surface area contributed by atoms with Gasteiger partial charge < -0.3 is 9.88 Å². The van der Waals surface area contributed by atoms with Crippen LogP contribution >= 0.6 is 15.9 Å². The molecule has 0 radical (unpaired) electrons. The molecule has 3 rings (SSSR count). The van der Waals surface area contributed by atoms with Gasteiger partial charge in [-0.05, 0) is 23.6 Å². The van der Waals surface area contributed by atoms with Crippen molar-refractivity contribution in [2.75, 3.05) is 13.1 Å². The molecule has 1 aliphatic rings. The normalized spacial score (nSPS) is 15.2. The number of amidine groups is 1. The Morgan fingerprint density at radius 2 is 2.31 bits per heavy atom. The first kappa shape index (κ1) is 9.90. The Hall–Kier alpha value is -1.29. The summed E-state index contributed by atoms with van der Waals surface area (Å²) in [5.74, 6) is 1.08. The third kappa shape index (κ3) is 1.73. The maximum absolute atomic E-state index is 4.41. The zero-order valence-electron chi connectivity index (χ0n) is 8.78. The molecule has 2 heterocycles. The molecule has 0 aliphatic carbocycles. The molecule has 16 heavy (non-hydrogen) atoms. The second-order valence-electron chi connectivity index (χ2n) is 3.90. The van der Waals surface area contributed by atoms with E-state index in [0.29, 0.717) is 0 Å². The van der Waals surface area contributed by atoms with Gasteiger partial charge >= 0.3 is 0 Å². The monoisotopic (exact) mass is 277 g/mol. The van der Waals surface area contributed by atoms with Crippen LogP contribution in [0.1, 0.15) is 0 Å². The minimum Gasteiger partial charge on any atom is -0.370 e. The van der Waals surface area contributed by atoms with Gasteiger partial charge in [-0.25, -0.2) is 0 Å². The van der Waals surface area contributed by atoms with Crippen LogP contribution in [0, 0.1) is 0 Å². The summed E-state index contributed by atoms with van der Waals surface area (Å²) in [6.07, 6.45) is 2.11. The Balaban J connectivity index is 1.99. The van der Waals surface area contributed by atoms with E-state index in [1.807, 2.05) is 0 Å². The van der Waals surface area contributed by atoms with Crippen molar-refractivity contribution >= 4 is 32.7 Å². The summed E-state index contributed by atoms with van der Waals surface area (Å²) in [6, 6.07) is 8.47. The largest absolute Gasteiger partial charge is 0.370 e. The quantitative estimate of drug-likeness (QED) is 0.898. The van der Waals surface area contributed by atoms with Crippen LogP contribution in [-0.4, -0.2) is 23.5 Å². The summed E-state index contributed by atoms with van der Waals surface area (Å²) < 4.78 is 3.33.